The largest absolute Gasteiger partial charge is 0.390 e. The van der Waals surface area contributed by atoms with E-state index < -0.39 is 20.9 Å². The van der Waals surface area contributed by atoms with Crippen LogP contribution in [0.1, 0.15) is 33.1 Å². The van der Waals surface area contributed by atoms with E-state index in [0.29, 0.717) is 37.4 Å². The van der Waals surface area contributed by atoms with Gasteiger partial charge in [0.1, 0.15) is 10.5 Å². The quantitative estimate of drug-likeness (QED) is 0.445. The predicted octanol–water partition coefficient (Wildman–Crippen LogP) is 2.35. The highest BCUT2D eigenvalue weighted by atomic mass is 32.2. The van der Waals surface area contributed by atoms with E-state index in [2.05, 4.69) is 16.6 Å². The summed E-state index contributed by atoms with van der Waals surface area (Å²) in [6.07, 6.45) is 0.717. The number of hydrogen-bond donors (Lipinski definition) is 1. The Hall–Kier alpha value is -1.90. The maximum Gasteiger partial charge on any atom is 0.243 e. The second kappa shape index (κ2) is 8.23. The lowest BCUT2D eigenvalue weighted by Crippen LogP contribution is -2.53. The van der Waals surface area contributed by atoms with Crippen LogP contribution in [0, 0.1) is 0 Å². The van der Waals surface area contributed by atoms with Crippen molar-refractivity contribution in [3.05, 3.63) is 42.7 Å². The average Bonchev–Trinajstić information content (AvgIpc) is 2.87. The number of benzene rings is 1. The lowest BCUT2D eigenvalue weighted by Gasteiger charge is -2.39. The van der Waals surface area contributed by atoms with E-state index in [1.807, 2.05) is 25.1 Å². The SMILES string of the molecule is C=C(C)O/N=C(/C)CCN1CCC2(CC1)[C@@H](O)CN(c1ccccc1)S2(=O)=O. The predicted molar refractivity (Wildman–Crippen MR) is 111 cm³/mol. The zero-order valence-corrected chi connectivity index (χ0v) is 17.4. The van der Waals surface area contributed by atoms with Gasteiger partial charge in [-0.1, -0.05) is 29.9 Å². The van der Waals surface area contributed by atoms with Gasteiger partial charge in [-0.15, -0.1) is 0 Å². The molecule has 28 heavy (non-hydrogen) atoms. The molecule has 2 aliphatic rings. The summed E-state index contributed by atoms with van der Waals surface area (Å²) in [6.45, 7) is 9.45. The number of oxime groups is 1. The van der Waals surface area contributed by atoms with Crippen molar-refractivity contribution in [2.75, 3.05) is 30.5 Å². The third kappa shape index (κ3) is 3.94. The Kier molecular flexibility index (Phi) is 6.12. The summed E-state index contributed by atoms with van der Waals surface area (Å²) in [4.78, 5) is 7.29. The zero-order chi connectivity index (χ0) is 20.4. The zero-order valence-electron chi connectivity index (χ0n) is 16.5. The van der Waals surface area contributed by atoms with E-state index in [1.165, 1.54) is 4.31 Å². The standard InChI is InChI=1S/C20H29N3O4S/c1-16(2)27-21-17(3)9-12-22-13-10-20(11-14-22)19(24)15-23(28(20,25)26)18-7-5-4-6-8-18/h4-8,19,24H,1,9-15H2,2-3H3/b21-17-/t19-/m0/s1. The van der Waals surface area contributed by atoms with Gasteiger partial charge in [0.15, 0.2) is 0 Å². The summed E-state index contributed by atoms with van der Waals surface area (Å²) in [5, 5.41) is 14.7. The van der Waals surface area contributed by atoms with Gasteiger partial charge in [0.05, 0.1) is 24.0 Å². The van der Waals surface area contributed by atoms with Crippen LogP contribution in [0.3, 0.4) is 0 Å². The van der Waals surface area contributed by atoms with Gasteiger partial charge >= 0.3 is 0 Å². The van der Waals surface area contributed by atoms with Crippen LogP contribution in [-0.2, 0) is 14.9 Å². The molecule has 3 rings (SSSR count). The first-order chi connectivity index (χ1) is 13.3. The maximum atomic E-state index is 13.3. The fourth-order valence-corrected chi connectivity index (χ4v) is 6.21. The number of rotatable bonds is 6. The van der Waals surface area contributed by atoms with Gasteiger partial charge in [-0.2, -0.15) is 0 Å². The number of para-hydroxylation sites is 1. The van der Waals surface area contributed by atoms with Crippen molar-refractivity contribution in [2.24, 2.45) is 5.16 Å². The van der Waals surface area contributed by atoms with Crippen LogP contribution in [0.15, 0.2) is 47.8 Å². The van der Waals surface area contributed by atoms with E-state index in [9.17, 15) is 13.5 Å². The molecule has 1 aromatic rings. The van der Waals surface area contributed by atoms with Gasteiger partial charge in [-0.3, -0.25) is 4.31 Å². The first-order valence-electron chi connectivity index (χ1n) is 9.60. The molecule has 0 amide bonds. The van der Waals surface area contributed by atoms with Gasteiger partial charge in [0.2, 0.25) is 10.0 Å². The number of aliphatic hydroxyl groups excluding tert-OH is 1. The monoisotopic (exact) mass is 407 g/mol. The molecule has 1 aromatic carbocycles. The molecule has 1 atom stereocenters. The third-order valence-electron chi connectivity index (χ3n) is 5.64. The van der Waals surface area contributed by atoms with E-state index in [-0.39, 0.29) is 6.54 Å². The highest BCUT2D eigenvalue weighted by Crippen LogP contribution is 2.43. The second-order valence-corrected chi connectivity index (χ2v) is 9.87. The fraction of sp³-hybridized carbons (Fsp3) is 0.550. The Morgan fingerprint density at radius 3 is 2.54 bits per heavy atom. The molecule has 2 saturated heterocycles. The number of β-amino-alcohol motifs (C(OH)–C–C–N with tert-alkyl or cyclic N) is 1. The molecule has 0 unspecified atom stereocenters. The molecule has 0 aliphatic carbocycles. The van der Waals surface area contributed by atoms with Crippen molar-refractivity contribution in [3.63, 3.8) is 0 Å². The van der Waals surface area contributed by atoms with Crippen molar-refractivity contribution in [1.82, 2.24) is 4.90 Å². The minimum Gasteiger partial charge on any atom is -0.390 e. The van der Waals surface area contributed by atoms with Crippen LogP contribution in [0.25, 0.3) is 0 Å². The molecule has 2 heterocycles. The molecule has 1 spiro atoms. The van der Waals surface area contributed by atoms with Gasteiger partial charge in [0.25, 0.3) is 0 Å². The average molecular weight is 408 g/mol. The molecule has 7 nitrogen and oxygen atoms in total. The number of allylic oxidation sites excluding steroid dienone is 1. The van der Waals surface area contributed by atoms with Gasteiger partial charge < -0.3 is 14.8 Å². The van der Waals surface area contributed by atoms with Crippen molar-refractivity contribution >= 4 is 21.4 Å². The smallest absolute Gasteiger partial charge is 0.243 e. The molecule has 8 heteroatoms. The van der Waals surface area contributed by atoms with E-state index in [4.69, 9.17) is 4.84 Å². The summed E-state index contributed by atoms with van der Waals surface area (Å²) in [5.41, 5.74) is 1.48. The van der Waals surface area contributed by atoms with Crippen LogP contribution in [0.2, 0.25) is 0 Å². The summed E-state index contributed by atoms with van der Waals surface area (Å²) in [7, 11) is -3.62. The third-order valence-corrected chi connectivity index (χ3v) is 8.29. The highest BCUT2D eigenvalue weighted by molar-refractivity contribution is 7.94. The molecule has 154 valence electrons. The van der Waals surface area contributed by atoms with Crippen LogP contribution < -0.4 is 4.31 Å². The lowest BCUT2D eigenvalue weighted by molar-refractivity contribution is 0.0923. The fourth-order valence-electron chi connectivity index (χ4n) is 3.92. The minimum absolute atomic E-state index is 0.121. The van der Waals surface area contributed by atoms with Crippen molar-refractivity contribution in [3.8, 4) is 0 Å². The molecular weight excluding hydrogens is 378 g/mol. The molecule has 0 aromatic heterocycles. The highest BCUT2D eigenvalue weighted by Gasteiger charge is 2.59. The minimum atomic E-state index is -3.62. The second-order valence-electron chi connectivity index (χ2n) is 7.66. The number of hydrogen-bond acceptors (Lipinski definition) is 6. The number of piperidine rings is 1. The molecule has 2 fully saturated rings. The summed E-state index contributed by atoms with van der Waals surface area (Å²) < 4.78 is 26.9. The van der Waals surface area contributed by atoms with Crippen LogP contribution in [-0.4, -0.2) is 61.2 Å². The number of nitrogens with zero attached hydrogens (tertiary/aromatic N) is 3. The topological polar surface area (TPSA) is 82.4 Å². The summed E-state index contributed by atoms with van der Waals surface area (Å²) >= 11 is 0. The Balaban J connectivity index is 1.64. The maximum absolute atomic E-state index is 13.3. The first-order valence-corrected chi connectivity index (χ1v) is 11.0. The van der Waals surface area contributed by atoms with Crippen LogP contribution >= 0.6 is 0 Å². The van der Waals surface area contributed by atoms with Crippen molar-refractivity contribution in [1.29, 1.82) is 0 Å². The van der Waals surface area contributed by atoms with Gasteiger partial charge in [0, 0.05) is 13.0 Å². The number of sulfonamides is 1. The van der Waals surface area contributed by atoms with Gasteiger partial charge in [-0.25, -0.2) is 8.42 Å². The molecule has 0 bridgehead atoms. The number of likely N-dealkylation sites (tertiary alicyclic amines) is 1. The molecule has 0 radical (unpaired) electrons. The van der Waals surface area contributed by atoms with E-state index in [0.717, 1.165) is 18.7 Å². The lowest BCUT2D eigenvalue weighted by atomic mass is 9.90. The van der Waals surface area contributed by atoms with E-state index in [1.54, 1.807) is 19.1 Å². The number of aliphatic hydroxyl groups is 1. The first kappa shape index (κ1) is 20.8. The Morgan fingerprint density at radius 1 is 1.29 bits per heavy atom. The molecule has 2 aliphatic heterocycles. The van der Waals surface area contributed by atoms with Crippen molar-refractivity contribution < 1.29 is 18.4 Å². The Bertz CT molecular complexity index is 830. The van der Waals surface area contributed by atoms with Crippen LogP contribution in [0.5, 0.6) is 0 Å². The molecule has 0 saturated carbocycles. The number of anilines is 1. The Labute approximate surface area is 167 Å². The Morgan fingerprint density at radius 2 is 1.93 bits per heavy atom. The molecular formula is C20H29N3O4S. The van der Waals surface area contributed by atoms with E-state index >= 15 is 0 Å². The molecule has 1 N–H and O–H groups in total. The summed E-state index contributed by atoms with van der Waals surface area (Å²) in [5.74, 6) is 0.544. The van der Waals surface area contributed by atoms with Crippen LogP contribution in [0.4, 0.5) is 5.69 Å². The van der Waals surface area contributed by atoms with Crippen molar-refractivity contribution in [2.45, 2.75) is 44.0 Å². The normalized spacial score (nSPS) is 24.5. The van der Waals surface area contributed by atoms with Gasteiger partial charge in [-0.05, 0) is 51.9 Å². The summed E-state index contributed by atoms with van der Waals surface area (Å²) in [6, 6.07) is 9.02.